The van der Waals surface area contributed by atoms with Gasteiger partial charge in [0.25, 0.3) is 0 Å². The first kappa shape index (κ1) is 51.7. The van der Waals surface area contributed by atoms with Crippen molar-refractivity contribution in [1.29, 1.82) is 0 Å². The van der Waals surface area contributed by atoms with Crippen molar-refractivity contribution >= 4 is 19.8 Å². The summed E-state index contributed by atoms with van der Waals surface area (Å²) in [6, 6.07) is 0. The second-order valence-electron chi connectivity index (χ2n) is 14.7. The number of carbonyl (C=O) groups excluding carboxylic acids is 2. The van der Waals surface area contributed by atoms with E-state index in [1.165, 1.54) is 128 Å². The lowest BCUT2D eigenvalue weighted by molar-refractivity contribution is -0.161. The van der Waals surface area contributed by atoms with Crippen LogP contribution in [-0.4, -0.2) is 65.7 Å². The van der Waals surface area contributed by atoms with E-state index >= 15 is 0 Å². The first-order valence-corrected chi connectivity index (χ1v) is 23.1. The lowest BCUT2D eigenvalue weighted by Gasteiger charge is -2.20. The summed E-state index contributed by atoms with van der Waals surface area (Å²) in [5, 5.41) is 18.3. The van der Waals surface area contributed by atoms with Gasteiger partial charge in [-0.1, -0.05) is 167 Å². The molecule has 0 aromatic rings. The van der Waals surface area contributed by atoms with Crippen molar-refractivity contribution in [1.82, 2.24) is 0 Å². The van der Waals surface area contributed by atoms with Gasteiger partial charge in [-0.05, 0) is 38.5 Å². The Hall–Kier alpha value is -1.29. The number of phosphoric acid groups is 1. The highest BCUT2D eigenvalue weighted by Gasteiger charge is 2.27. The molecule has 0 heterocycles. The summed E-state index contributed by atoms with van der Waals surface area (Å²) in [6.07, 6.45) is 36.0. The molecule has 314 valence electrons. The van der Waals surface area contributed by atoms with Crippen LogP contribution in [0.2, 0.25) is 0 Å². The number of aliphatic hydroxyl groups is 2. The van der Waals surface area contributed by atoms with E-state index in [1.807, 2.05) is 0 Å². The third-order valence-electron chi connectivity index (χ3n) is 9.42. The number of aliphatic hydroxyl groups excluding tert-OH is 2. The molecule has 0 spiro atoms. The van der Waals surface area contributed by atoms with E-state index in [2.05, 4.69) is 30.5 Å². The molecule has 0 saturated carbocycles. The Labute approximate surface area is 324 Å². The SMILES string of the molecule is CCCCCC/C=C/CCCCCCCCCCCC(=O)OC[C@H](COP(=O)(O)OC[C@@H](O)CO)OC(=O)CCCCCCCCCCCCCCC. The van der Waals surface area contributed by atoms with Gasteiger partial charge < -0.3 is 24.6 Å². The Morgan fingerprint density at radius 1 is 0.547 bits per heavy atom. The molecule has 0 fully saturated rings. The topological polar surface area (TPSA) is 149 Å². The van der Waals surface area contributed by atoms with Gasteiger partial charge in [0.2, 0.25) is 0 Å². The molecule has 3 N–H and O–H groups in total. The summed E-state index contributed by atoms with van der Waals surface area (Å²) >= 11 is 0. The minimum absolute atomic E-state index is 0.189. The molecular weight excluding hydrogens is 695 g/mol. The van der Waals surface area contributed by atoms with Gasteiger partial charge in [-0.2, -0.15) is 0 Å². The molecule has 10 nitrogen and oxygen atoms in total. The van der Waals surface area contributed by atoms with Crippen LogP contribution in [0.1, 0.15) is 206 Å². The van der Waals surface area contributed by atoms with Gasteiger partial charge in [-0.15, -0.1) is 0 Å². The standard InChI is InChI=1S/C42H81O10P/c1-3-5-7-9-11-13-15-17-18-19-20-22-23-25-27-29-31-33-41(45)49-37-40(38-51-53(47,48)50-36-39(44)35-43)52-42(46)34-32-30-28-26-24-21-16-14-12-10-8-6-4-2/h13,15,39-40,43-44H,3-12,14,16-38H2,1-2H3,(H,47,48)/b15-13+/t39-,40+/m0/s1. The van der Waals surface area contributed by atoms with Gasteiger partial charge in [-0.3, -0.25) is 18.6 Å². The average molecular weight is 777 g/mol. The van der Waals surface area contributed by atoms with E-state index in [0.29, 0.717) is 12.8 Å². The fraction of sp³-hybridized carbons (Fsp3) is 0.905. The van der Waals surface area contributed by atoms with Crippen molar-refractivity contribution < 1.29 is 47.8 Å². The first-order chi connectivity index (χ1) is 25.7. The summed E-state index contributed by atoms with van der Waals surface area (Å²) in [4.78, 5) is 34.9. The number of allylic oxidation sites excluding steroid dienone is 2. The van der Waals surface area contributed by atoms with E-state index in [0.717, 1.165) is 38.5 Å². The Morgan fingerprint density at radius 2 is 0.925 bits per heavy atom. The smallest absolute Gasteiger partial charge is 0.462 e. The summed E-state index contributed by atoms with van der Waals surface area (Å²) in [5.74, 6) is -0.917. The van der Waals surface area contributed by atoms with Crippen molar-refractivity contribution in [3.63, 3.8) is 0 Å². The van der Waals surface area contributed by atoms with Crippen LogP contribution in [0.4, 0.5) is 0 Å². The second-order valence-corrected chi connectivity index (χ2v) is 16.2. The fourth-order valence-corrected chi connectivity index (χ4v) is 6.84. The largest absolute Gasteiger partial charge is 0.472 e. The van der Waals surface area contributed by atoms with Gasteiger partial charge in [0, 0.05) is 12.8 Å². The van der Waals surface area contributed by atoms with Crippen molar-refractivity contribution in [3.8, 4) is 0 Å². The molecule has 0 amide bonds. The molecule has 0 rings (SSSR count). The molecule has 0 saturated heterocycles. The van der Waals surface area contributed by atoms with Crippen LogP contribution in [0, 0.1) is 0 Å². The molecule has 3 atom stereocenters. The van der Waals surface area contributed by atoms with Crippen LogP contribution in [0.3, 0.4) is 0 Å². The van der Waals surface area contributed by atoms with Crippen LogP contribution in [0.15, 0.2) is 12.2 Å². The monoisotopic (exact) mass is 777 g/mol. The number of esters is 2. The Morgan fingerprint density at radius 3 is 1.38 bits per heavy atom. The fourth-order valence-electron chi connectivity index (χ4n) is 6.05. The first-order valence-electron chi connectivity index (χ1n) is 21.6. The van der Waals surface area contributed by atoms with Crippen LogP contribution >= 0.6 is 7.82 Å². The summed E-state index contributed by atoms with van der Waals surface area (Å²) in [5.41, 5.74) is 0. The van der Waals surface area contributed by atoms with Gasteiger partial charge in [0.1, 0.15) is 12.7 Å². The van der Waals surface area contributed by atoms with Crippen molar-refractivity contribution in [2.75, 3.05) is 26.4 Å². The maximum Gasteiger partial charge on any atom is 0.472 e. The normalized spacial score (nSPS) is 14.0. The maximum absolute atomic E-state index is 12.6. The van der Waals surface area contributed by atoms with Crippen LogP contribution in [-0.2, 0) is 32.7 Å². The number of carbonyl (C=O) groups is 2. The molecule has 0 aliphatic heterocycles. The predicted octanol–water partition coefficient (Wildman–Crippen LogP) is 11.2. The molecule has 53 heavy (non-hydrogen) atoms. The molecular formula is C42H81O10P. The number of phosphoric ester groups is 1. The highest BCUT2D eigenvalue weighted by molar-refractivity contribution is 7.47. The van der Waals surface area contributed by atoms with Crippen LogP contribution in [0.25, 0.3) is 0 Å². The molecule has 0 aliphatic carbocycles. The molecule has 0 aliphatic rings. The van der Waals surface area contributed by atoms with E-state index in [1.54, 1.807) is 0 Å². The summed E-state index contributed by atoms with van der Waals surface area (Å²) < 4.78 is 32.7. The second kappa shape index (κ2) is 39.0. The van der Waals surface area contributed by atoms with E-state index in [-0.39, 0.29) is 19.4 Å². The molecule has 0 bridgehead atoms. The van der Waals surface area contributed by atoms with Crippen molar-refractivity contribution in [2.24, 2.45) is 0 Å². The van der Waals surface area contributed by atoms with Crippen molar-refractivity contribution in [2.45, 2.75) is 219 Å². The number of unbranched alkanes of at least 4 members (excludes halogenated alkanes) is 25. The quantitative estimate of drug-likeness (QED) is 0.0237. The Kier molecular flexibility index (Phi) is 38.0. The Balaban J connectivity index is 4.25. The number of ether oxygens (including phenoxy) is 2. The lowest BCUT2D eigenvalue weighted by atomic mass is 10.0. The average Bonchev–Trinajstić information content (AvgIpc) is 3.14. The highest BCUT2D eigenvalue weighted by Crippen LogP contribution is 2.43. The highest BCUT2D eigenvalue weighted by atomic mass is 31.2. The minimum Gasteiger partial charge on any atom is -0.462 e. The number of rotatable bonds is 41. The number of hydrogen-bond acceptors (Lipinski definition) is 9. The minimum atomic E-state index is -4.61. The maximum atomic E-state index is 12.6. The third kappa shape index (κ3) is 38.8. The van der Waals surface area contributed by atoms with E-state index in [4.69, 9.17) is 19.1 Å². The molecule has 0 aromatic carbocycles. The van der Waals surface area contributed by atoms with E-state index in [9.17, 15) is 24.2 Å². The third-order valence-corrected chi connectivity index (χ3v) is 10.4. The summed E-state index contributed by atoms with van der Waals surface area (Å²) in [6.45, 7) is 2.39. The lowest BCUT2D eigenvalue weighted by Crippen LogP contribution is -2.29. The van der Waals surface area contributed by atoms with Gasteiger partial charge >= 0.3 is 19.8 Å². The molecule has 1 unspecified atom stereocenters. The number of hydrogen-bond donors (Lipinski definition) is 3. The zero-order valence-corrected chi connectivity index (χ0v) is 34.9. The van der Waals surface area contributed by atoms with E-state index < -0.39 is 51.8 Å². The zero-order chi connectivity index (χ0) is 39.1. The van der Waals surface area contributed by atoms with Gasteiger partial charge in [0.05, 0.1) is 19.8 Å². The molecule has 0 aromatic heterocycles. The van der Waals surface area contributed by atoms with Crippen LogP contribution < -0.4 is 0 Å². The Bertz CT molecular complexity index is 899. The van der Waals surface area contributed by atoms with Gasteiger partial charge in [-0.25, -0.2) is 4.57 Å². The van der Waals surface area contributed by atoms with Crippen molar-refractivity contribution in [3.05, 3.63) is 12.2 Å². The zero-order valence-electron chi connectivity index (χ0n) is 34.0. The molecule has 11 heteroatoms. The predicted molar refractivity (Wildman–Crippen MR) is 215 cm³/mol. The summed E-state index contributed by atoms with van der Waals surface area (Å²) in [7, 11) is -4.61. The molecule has 0 radical (unpaired) electrons. The van der Waals surface area contributed by atoms with Crippen LogP contribution in [0.5, 0.6) is 0 Å². The van der Waals surface area contributed by atoms with Gasteiger partial charge in [0.15, 0.2) is 6.10 Å².